The molecule has 0 saturated heterocycles. The Morgan fingerprint density at radius 2 is 1.59 bits per heavy atom. The van der Waals surface area contributed by atoms with Crippen LogP contribution in [0, 0.1) is 5.92 Å². The first kappa shape index (κ1) is 20.4. The minimum absolute atomic E-state index is 0.0345. The Labute approximate surface area is 157 Å². The van der Waals surface area contributed by atoms with Gasteiger partial charge in [-0.2, -0.15) is 8.78 Å². The van der Waals surface area contributed by atoms with Crippen molar-refractivity contribution in [3.05, 3.63) is 72.3 Å². The van der Waals surface area contributed by atoms with Crippen molar-refractivity contribution < 1.29 is 28.2 Å². The number of halogens is 2. The molecular formula is C21H22F2O4. The molecule has 0 radical (unpaired) electrons. The minimum atomic E-state index is -1.79. The summed E-state index contributed by atoms with van der Waals surface area (Å²) in [7, 11) is 0. The fraction of sp³-hybridized carbons (Fsp3) is 0.286. The smallest absolute Gasteiger partial charge is 0.306 e. The van der Waals surface area contributed by atoms with E-state index in [1.807, 2.05) is 30.3 Å². The molecule has 1 unspecified atom stereocenters. The highest BCUT2D eigenvalue weighted by Crippen LogP contribution is 2.20. The SMILES string of the molecule is O=C(O)C(CCC=C(F)F)CCOc1ccc(OCc2ccccc2)cc1. The van der Waals surface area contributed by atoms with E-state index in [-0.39, 0.29) is 25.9 Å². The van der Waals surface area contributed by atoms with Gasteiger partial charge >= 0.3 is 5.97 Å². The van der Waals surface area contributed by atoms with E-state index in [1.165, 1.54) is 0 Å². The summed E-state index contributed by atoms with van der Waals surface area (Å²) in [5.74, 6) is -0.416. The van der Waals surface area contributed by atoms with Crippen molar-refractivity contribution in [1.29, 1.82) is 0 Å². The lowest BCUT2D eigenvalue weighted by molar-refractivity contribution is -0.142. The van der Waals surface area contributed by atoms with Crippen molar-refractivity contribution in [2.45, 2.75) is 25.9 Å². The number of carboxylic acid groups (broad SMARTS) is 1. The van der Waals surface area contributed by atoms with Crippen LogP contribution in [0.2, 0.25) is 0 Å². The maximum Gasteiger partial charge on any atom is 0.306 e. The zero-order chi connectivity index (χ0) is 19.5. The average Bonchev–Trinajstić information content (AvgIpc) is 2.66. The van der Waals surface area contributed by atoms with Gasteiger partial charge in [-0.3, -0.25) is 4.79 Å². The van der Waals surface area contributed by atoms with E-state index in [1.54, 1.807) is 24.3 Å². The molecule has 4 nitrogen and oxygen atoms in total. The summed E-state index contributed by atoms with van der Waals surface area (Å²) in [6, 6.07) is 16.9. The molecule has 0 saturated carbocycles. The average molecular weight is 376 g/mol. The van der Waals surface area contributed by atoms with E-state index >= 15 is 0 Å². The Hall–Kier alpha value is -2.89. The van der Waals surface area contributed by atoms with Crippen LogP contribution in [0.3, 0.4) is 0 Å². The number of carboxylic acids is 1. The van der Waals surface area contributed by atoms with Crippen LogP contribution < -0.4 is 9.47 Å². The molecule has 1 atom stereocenters. The molecule has 6 heteroatoms. The Morgan fingerprint density at radius 1 is 0.963 bits per heavy atom. The van der Waals surface area contributed by atoms with Crippen molar-refractivity contribution >= 4 is 5.97 Å². The summed E-state index contributed by atoms with van der Waals surface area (Å²) in [6.07, 6.45) is -0.603. The predicted octanol–water partition coefficient (Wildman–Crippen LogP) is 5.30. The molecule has 0 heterocycles. The van der Waals surface area contributed by atoms with E-state index in [9.17, 15) is 13.6 Å². The maximum atomic E-state index is 12.0. The summed E-state index contributed by atoms with van der Waals surface area (Å²) in [5.41, 5.74) is 1.07. The molecular weight excluding hydrogens is 354 g/mol. The third-order valence-electron chi connectivity index (χ3n) is 3.97. The molecule has 0 aromatic heterocycles. The van der Waals surface area contributed by atoms with E-state index in [2.05, 4.69) is 0 Å². The molecule has 0 aliphatic rings. The van der Waals surface area contributed by atoms with Crippen LogP contribution in [0.1, 0.15) is 24.8 Å². The van der Waals surface area contributed by atoms with Crippen molar-refractivity contribution in [2.75, 3.05) is 6.61 Å². The second-order valence-corrected chi connectivity index (χ2v) is 5.99. The molecule has 0 bridgehead atoms. The molecule has 0 spiro atoms. The second kappa shape index (κ2) is 11.0. The molecule has 0 aliphatic carbocycles. The zero-order valence-electron chi connectivity index (χ0n) is 14.8. The fourth-order valence-corrected chi connectivity index (χ4v) is 2.48. The van der Waals surface area contributed by atoms with Gasteiger partial charge in [0.1, 0.15) is 18.1 Å². The summed E-state index contributed by atoms with van der Waals surface area (Å²) < 4.78 is 35.3. The highest BCUT2D eigenvalue weighted by Gasteiger charge is 2.16. The van der Waals surface area contributed by atoms with Gasteiger partial charge in [0.2, 0.25) is 0 Å². The Morgan fingerprint density at radius 3 is 2.19 bits per heavy atom. The number of rotatable bonds is 11. The van der Waals surface area contributed by atoms with Gasteiger partial charge < -0.3 is 14.6 Å². The summed E-state index contributed by atoms with van der Waals surface area (Å²) in [4.78, 5) is 11.2. The molecule has 1 N–H and O–H groups in total. The number of hydrogen-bond acceptors (Lipinski definition) is 3. The van der Waals surface area contributed by atoms with E-state index in [0.717, 1.165) is 11.6 Å². The quantitative estimate of drug-likeness (QED) is 0.578. The zero-order valence-corrected chi connectivity index (χ0v) is 14.8. The lowest BCUT2D eigenvalue weighted by Crippen LogP contribution is -2.16. The van der Waals surface area contributed by atoms with Crippen LogP contribution in [0.4, 0.5) is 8.78 Å². The summed E-state index contributed by atoms with van der Waals surface area (Å²) in [5, 5.41) is 9.14. The van der Waals surface area contributed by atoms with Crippen molar-refractivity contribution in [2.24, 2.45) is 5.92 Å². The third kappa shape index (κ3) is 7.90. The normalized spacial score (nSPS) is 11.5. The van der Waals surface area contributed by atoms with Crippen LogP contribution in [-0.4, -0.2) is 17.7 Å². The Bertz CT molecular complexity index is 726. The summed E-state index contributed by atoms with van der Waals surface area (Å²) in [6.45, 7) is 0.665. The molecule has 0 aliphatic heterocycles. The largest absolute Gasteiger partial charge is 0.494 e. The van der Waals surface area contributed by atoms with Gasteiger partial charge in [0, 0.05) is 0 Å². The molecule has 2 aromatic rings. The lowest BCUT2D eigenvalue weighted by Gasteiger charge is -2.12. The number of ether oxygens (including phenoxy) is 2. The topological polar surface area (TPSA) is 55.8 Å². The van der Waals surface area contributed by atoms with E-state index < -0.39 is 18.0 Å². The molecule has 0 fully saturated rings. The standard InChI is InChI=1S/C21H22F2O4/c22-20(23)8-4-7-17(21(24)25)13-14-26-18-9-11-19(12-10-18)27-15-16-5-2-1-3-6-16/h1-3,5-6,8-12,17H,4,7,13-15H2,(H,24,25). The number of carbonyl (C=O) groups is 1. The van der Waals surface area contributed by atoms with Gasteiger partial charge in [0.05, 0.1) is 12.5 Å². The molecule has 2 rings (SSSR count). The predicted molar refractivity (Wildman–Crippen MR) is 98.0 cm³/mol. The Balaban J connectivity index is 1.75. The summed E-state index contributed by atoms with van der Waals surface area (Å²) >= 11 is 0. The van der Waals surface area contributed by atoms with Crippen LogP contribution in [0.25, 0.3) is 0 Å². The van der Waals surface area contributed by atoms with Gasteiger partial charge in [-0.1, -0.05) is 30.3 Å². The number of hydrogen-bond donors (Lipinski definition) is 1. The number of allylic oxidation sites excluding steroid dienone is 1. The van der Waals surface area contributed by atoms with E-state index in [4.69, 9.17) is 14.6 Å². The highest BCUT2D eigenvalue weighted by molar-refractivity contribution is 5.69. The first-order chi connectivity index (χ1) is 13.0. The van der Waals surface area contributed by atoms with Gasteiger partial charge in [-0.25, -0.2) is 0 Å². The van der Waals surface area contributed by atoms with Gasteiger partial charge in [0.25, 0.3) is 6.08 Å². The number of aliphatic carboxylic acids is 1. The van der Waals surface area contributed by atoms with E-state index in [0.29, 0.717) is 18.1 Å². The third-order valence-corrected chi connectivity index (χ3v) is 3.97. The van der Waals surface area contributed by atoms with Crippen molar-refractivity contribution in [1.82, 2.24) is 0 Å². The molecule has 0 amide bonds. The lowest BCUT2D eigenvalue weighted by atomic mass is 10.00. The highest BCUT2D eigenvalue weighted by atomic mass is 19.3. The molecule has 27 heavy (non-hydrogen) atoms. The molecule has 2 aromatic carbocycles. The van der Waals surface area contributed by atoms with Gasteiger partial charge in [0.15, 0.2) is 0 Å². The van der Waals surface area contributed by atoms with Crippen molar-refractivity contribution in [3.63, 3.8) is 0 Å². The van der Waals surface area contributed by atoms with Crippen LogP contribution >= 0.6 is 0 Å². The second-order valence-electron chi connectivity index (χ2n) is 5.99. The van der Waals surface area contributed by atoms with Crippen LogP contribution in [0.5, 0.6) is 11.5 Å². The van der Waals surface area contributed by atoms with Crippen LogP contribution in [-0.2, 0) is 11.4 Å². The van der Waals surface area contributed by atoms with Gasteiger partial charge in [-0.05, 0) is 55.2 Å². The maximum absolute atomic E-state index is 12.0. The Kier molecular flexibility index (Phi) is 8.29. The first-order valence-electron chi connectivity index (χ1n) is 8.68. The fourth-order valence-electron chi connectivity index (χ4n) is 2.48. The van der Waals surface area contributed by atoms with Crippen molar-refractivity contribution in [3.8, 4) is 11.5 Å². The van der Waals surface area contributed by atoms with Crippen LogP contribution in [0.15, 0.2) is 66.8 Å². The van der Waals surface area contributed by atoms with Gasteiger partial charge in [-0.15, -0.1) is 0 Å². The monoisotopic (exact) mass is 376 g/mol. The molecule has 144 valence electrons. The number of benzene rings is 2. The minimum Gasteiger partial charge on any atom is -0.494 e. The first-order valence-corrected chi connectivity index (χ1v) is 8.68.